The molecule has 4 heteroatoms. The molecule has 0 saturated carbocycles. The number of carbonyl (C=O) groups excluding carboxylic acids is 1. The van der Waals surface area contributed by atoms with Gasteiger partial charge in [0.15, 0.2) is 0 Å². The van der Waals surface area contributed by atoms with Crippen LogP contribution in [0, 0.1) is 0 Å². The number of aliphatic hydroxyl groups excluding tert-OH is 2. The van der Waals surface area contributed by atoms with Gasteiger partial charge in [0.1, 0.15) is 0 Å². The van der Waals surface area contributed by atoms with Crippen LogP contribution < -0.4 is 5.32 Å². The van der Waals surface area contributed by atoms with Crippen molar-refractivity contribution in [3.63, 3.8) is 0 Å². The first-order valence-electron chi connectivity index (χ1n) is 35.2. The lowest BCUT2D eigenvalue weighted by molar-refractivity contribution is -0.123. The molecule has 3 N–H and O–H groups in total. The number of aliphatic hydroxyl groups is 2. The van der Waals surface area contributed by atoms with Gasteiger partial charge in [-0.2, -0.15) is 0 Å². The van der Waals surface area contributed by atoms with Crippen LogP contribution >= 0.6 is 0 Å². The summed E-state index contributed by atoms with van der Waals surface area (Å²) in [5, 5.41) is 23.2. The molecule has 1 amide bonds. The third kappa shape index (κ3) is 63.4. The van der Waals surface area contributed by atoms with Crippen molar-refractivity contribution in [2.24, 2.45) is 0 Å². The quantitative estimate of drug-likeness (QED) is 0.0420. The Labute approximate surface area is 478 Å². The number of allylic oxidation sites excluding steroid dienone is 5. The molecule has 0 aliphatic carbocycles. The zero-order valence-electron chi connectivity index (χ0n) is 52.1. The summed E-state index contributed by atoms with van der Waals surface area (Å²) in [4.78, 5) is 12.5. The van der Waals surface area contributed by atoms with E-state index < -0.39 is 12.1 Å². The number of unbranched alkanes of at least 4 members (excludes halogenated alkanes) is 55. The third-order valence-corrected chi connectivity index (χ3v) is 16.6. The van der Waals surface area contributed by atoms with Crippen LogP contribution in [0.1, 0.15) is 399 Å². The van der Waals surface area contributed by atoms with Gasteiger partial charge in [-0.05, 0) is 44.9 Å². The Bertz CT molecular complexity index is 1160. The molecule has 2 atom stereocenters. The van der Waals surface area contributed by atoms with Crippen molar-refractivity contribution in [2.45, 2.75) is 411 Å². The van der Waals surface area contributed by atoms with E-state index in [9.17, 15) is 15.0 Å². The summed E-state index contributed by atoms with van der Waals surface area (Å²) in [5.74, 6) is -0.0696. The van der Waals surface area contributed by atoms with Crippen LogP contribution in [0.3, 0.4) is 0 Å². The Morgan fingerprint density at radius 2 is 0.513 bits per heavy atom. The molecule has 0 aromatic heterocycles. The lowest BCUT2D eigenvalue weighted by atomic mass is 10.0. The molecule has 0 aliphatic heterocycles. The second kappa shape index (κ2) is 67.9. The lowest BCUT2D eigenvalue weighted by Gasteiger charge is -2.19. The standard InChI is InChI=1S/C72H139NO3/c1-3-5-7-9-11-13-15-17-19-21-23-25-27-29-30-31-32-33-34-35-36-37-38-39-40-41-42-44-46-48-50-52-54-56-58-60-62-64-66-68-72(76)73-70(69-74)71(75)67-65-63-61-59-57-55-53-51-49-47-45-43-28-26-24-22-20-18-16-14-12-10-8-6-4-2/h49,51,57,59,65,67,70-71,74-75H,3-48,50,52-56,58,60-64,66,68-69H2,1-2H3,(H,73,76)/b51-49+,59-57+,67-65+. The SMILES string of the molecule is CCCCCCCCCCCCCCCCC/C=C/CC/C=C/CC/C=C/C(O)C(CO)NC(=O)CCCCCCCCCCCCCCCCCCCCCCCCCCCCCCCCCCCCCCCCC. The fourth-order valence-corrected chi connectivity index (χ4v) is 11.3. The fourth-order valence-electron chi connectivity index (χ4n) is 11.3. The largest absolute Gasteiger partial charge is 0.394 e. The molecule has 4 nitrogen and oxygen atoms in total. The minimum atomic E-state index is -0.870. The Hall–Kier alpha value is -1.39. The summed E-state index contributed by atoms with van der Waals surface area (Å²) in [6.45, 7) is 4.34. The van der Waals surface area contributed by atoms with E-state index in [4.69, 9.17) is 0 Å². The van der Waals surface area contributed by atoms with E-state index in [0.29, 0.717) is 6.42 Å². The van der Waals surface area contributed by atoms with E-state index in [2.05, 4.69) is 43.5 Å². The van der Waals surface area contributed by atoms with Gasteiger partial charge >= 0.3 is 0 Å². The number of carbonyl (C=O) groups is 1. The maximum atomic E-state index is 12.5. The molecule has 76 heavy (non-hydrogen) atoms. The first-order chi connectivity index (χ1) is 37.7. The molecular weight excluding hydrogens is 927 g/mol. The summed E-state index contributed by atoms with van der Waals surface area (Å²) >= 11 is 0. The number of amides is 1. The molecular formula is C72H139NO3. The smallest absolute Gasteiger partial charge is 0.220 e. The maximum absolute atomic E-state index is 12.5. The van der Waals surface area contributed by atoms with Crippen LogP contribution in [0.4, 0.5) is 0 Å². The van der Waals surface area contributed by atoms with Gasteiger partial charge in [-0.15, -0.1) is 0 Å². The molecule has 0 bridgehead atoms. The Morgan fingerprint density at radius 1 is 0.303 bits per heavy atom. The average molecular weight is 1070 g/mol. The van der Waals surface area contributed by atoms with Crippen molar-refractivity contribution < 1.29 is 15.0 Å². The Morgan fingerprint density at radius 3 is 0.763 bits per heavy atom. The van der Waals surface area contributed by atoms with Crippen molar-refractivity contribution in [1.29, 1.82) is 0 Å². The molecule has 0 radical (unpaired) electrons. The summed E-state index contributed by atoms with van der Waals surface area (Å²) in [7, 11) is 0. The van der Waals surface area contributed by atoms with Gasteiger partial charge in [-0.1, -0.05) is 384 Å². The molecule has 0 saturated heterocycles. The number of hydrogen-bond donors (Lipinski definition) is 3. The topological polar surface area (TPSA) is 69.6 Å². The summed E-state index contributed by atoms with van der Waals surface area (Å²) in [5.41, 5.74) is 0. The number of rotatable bonds is 66. The highest BCUT2D eigenvalue weighted by molar-refractivity contribution is 5.76. The van der Waals surface area contributed by atoms with Crippen molar-refractivity contribution in [3.05, 3.63) is 36.5 Å². The highest BCUT2D eigenvalue weighted by Crippen LogP contribution is 2.19. The van der Waals surface area contributed by atoms with Gasteiger partial charge < -0.3 is 15.5 Å². The highest BCUT2D eigenvalue weighted by Gasteiger charge is 2.18. The van der Waals surface area contributed by atoms with Crippen LogP contribution in [0.5, 0.6) is 0 Å². The van der Waals surface area contributed by atoms with Crippen molar-refractivity contribution in [2.75, 3.05) is 6.61 Å². The van der Waals surface area contributed by atoms with Gasteiger partial charge in [0.25, 0.3) is 0 Å². The van der Waals surface area contributed by atoms with Crippen LogP contribution in [-0.2, 0) is 4.79 Å². The Kier molecular flexibility index (Phi) is 66.6. The molecule has 0 fully saturated rings. The Balaban J connectivity index is 3.42. The van der Waals surface area contributed by atoms with Gasteiger partial charge in [-0.3, -0.25) is 4.79 Å². The van der Waals surface area contributed by atoms with E-state index in [-0.39, 0.29) is 12.5 Å². The van der Waals surface area contributed by atoms with E-state index in [1.54, 1.807) is 6.08 Å². The lowest BCUT2D eigenvalue weighted by Crippen LogP contribution is -2.45. The van der Waals surface area contributed by atoms with Crippen molar-refractivity contribution in [3.8, 4) is 0 Å². The van der Waals surface area contributed by atoms with Crippen molar-refractivity contribution in [1.82, 2.24) is 5.32 Å². The van der Waals surface area contributed by atoms with Gasteiger partial charge in [0, 0.05) is 6.42 Å². The molecule has 450 valence electrons. The molecule has 0 aromatic rings. The van der Waals surface area contributed by atoms with E-state index in [1.807, 2.05) is 6.08 Å². The third-order valence-electron chi connectivity index (χ3n) is 16.6. The van der Waals surface area contributed by atoms with E-state index in [0.717, 1.165) is 38.5 Å². The highest BCUT2D eigenvalue weighted by atomic mass is 16.3. The fraction of sp³-hybridized carbons (Fsp3) is 0.903. The number of hydrogen-bond acceptors (Lipinski definition) is 3. The minimum absolute atomic E-state index is 0.0696. The predicted octanol–water partition coefficient (Wildman–Crippen LogP) is 23.9. The summed E-state index contributed by atoms with van der Waals surface area (Å²) in [6, 6.07) is -0.645. The zero-order chi connectivity index (χ0) is 54.8. The monoisotopic (exact) mass is 1070 g/mol. The van der Waals surface area contributed by atoms with Crippen LogP contribution in [0.2, 0.25) is 0 Å². The van der Waals surface area contributed by atoms with Crippen molar-refractivity contribution >= 4 is 5.91 Å². The molecule has 0 aromatic carbocycles. The zero-order valence-corrected chi connectivity index (χ0v) is 52.1. The molecule has 0 spiro atoms. The molecule has 2 unspecified atom stereocenters. The summed E-state index contributed by atoms with van der Waals surface area (Å²) in [6.07, 6.45) is 93.9. The van der Waals surface area contributed by atoms with Crippen LogP contribution in [-0.4, -0.2) is 34.9 Å². The van der Waals surface area contributed by atoms with Crippen LogP contribution in [0.15, 0.2) is 36.5 Å². The van der Waals surface area contributed by atoms with Gasteiger partial charge in [-0.25, -0.2) is 0 Å². The number of nitrogens with one attached hydrogen (secondary N) is 1. The maximum Gasteiger partial charge on any atom is 0.220 e. The van der Waals surface area contributed by atoms with Gasteiger partial charge in [0.2, 0.25) is 5.91 Å². The second-order valence-corrected chi connectivity index (χ2v) is 24.3. The van der Waals surface area contributed by atoms with E-state index >= 15 is 0 Å². The molecule has 0 rings (SSSR count). The predicted molar refractivity (Wildman–Crippen MR) is 341 cm³/mol. The minimum Gasteiger partial charge on any atom is -0.394 e. The average Bonchev–Trinajstić information content (AvgIpc) is 3.42. The summed E-state index contributed by atoms with van der Waals surface area (Å²) < 4.78 is 0. The first-order valence-corrected chi connectivity index (χ1v) is 35.2. The first kappa shape index (κ1) is 74.6. The van der Waals surface area contributed by atoms with Crippen LogP contribution in [0.25, 0.3) is 0 Å². The second-order valence-electron chi connectivity index (χ2n) is 24.3. The molecule has 0 heterocycles. The van der Waals surface area contributed by atoms with E-state index in [1.165, 1.54) is 340 Å². The normalized spacial score (nSPS) is 12.8. The van der Waals surface area contributed by atoms with Gasteiger partial charge in [0.05, 0.1) is 18.8 Å². The molecule has 0 aliphatic rings.